The van der Waals surface area contributed by atoms with Crippen molar-refractivity contribution in [2.24, 2.45) is 0 Å². The van der Waals surface area contributed by atoms with E-state index in [0.717, 1.165) is 5.56 Å². The summed E-state index contributed by atoms with van der Waals surface area (Å²) in [5.41, 5.74) is 7.63. The van der Waals surface area contributed by atoms with Crippen LogP contribution in [0.4, 0.5) is 5.69 Å². The summed E-state index contributed by atoms with van der Waals surface area (Å²) in [7, 11) is 1.53. The summed E-state index contributed by atoms with van der Waals surface area (Å²) in [5.74, 6) is -0.519. The summed E-state index contributed by atoms with van der Waals surface area (Å²) in [6.07, 6.45) is 0. The van der Waals surface area contributed by atoms with Gasteiger partial charge in [0.15, 0.2) is 0 Å². The second kappa shape index (κ2) is 5.34. The van der Waals surface area contributed by atoms with E-state index >= 15 is 0 Å². The lowest BCUT2D eigenvalue weighted by molar-refractivity contribution is -0.122. The van der Waals surface area contributed by atoms with Gasteiger partial charge < -0.3 is 16.4 Å². The van der Waals surface area contributed by atoms with Crippen LogP contribution in [-0.2, 0) is 4.79 Å². The molecule has 0 bridgehead atoms. The molecule has 0 aromatic heterocycles. The summed E-state index contributed by atoms with van der Waals surface area (Å²) in [5, 5.41) is 5.07. The third-order valence-corrected chi connectivity index (χ3v) is 2.52. The van der Waals surface area contributed by atoms with Gasteiger partial charge in [0.05, 0.1) is 0 Å². The van der Waals surface area contributed by atoms with Crippen molar-refractivity contribution in [1.82, 2.24) is 10.6 Å². The molecule has 1 aromatic carbocycles. The Bertz CT molecular complexity index is 443. The SMILES string of the molecule is CNC(=O)C(C)NC(=O)c1ccc(N)c(C)c1. The third-order valence-electron chi connectivity index (χ3n) is 2.52. The van der Waals surface area contributed by atoms with Crippen molar-refractivity contribution in [1.29, 1.82) is 0 Å². The second-order valence-electron chi connectivity index (χ2n) is 3.88. The van der Waals surface area contributed by atoms with Crippen LogP contribution in [0.1, 0.15) is 22.8 Å². The first kappa shape index (κ1) is 13.0. The fraction of sp³-hybridized carbons (Fsp3) is 0.333. The van der Waals surface area contributed by atoms with Gasteiger partial charge in [-0.1, -0.05) is 0 Å². The number of amides is 2. The first-order valence-corrected chi connectivity index (χ1v) is 5.34. The molecule has 92 valence electrons. The van der Waals surface area contributed by atoms with Crippen LogP contribution in [0.3, 0.4) is 0 Å². The predicted molar refractivity (Wildman–Crippen MR) is 66.6 cm³/mol. The molecule has 1 unspecified atom stereocenters. The van der Waals surface area contributed by atoms with Gasteiger partial charge in [-0.3, -0.25) is 9.59 Å². The number of aryl methyl sites for hydroxylation is 1. The Labute approximate surface area is 100 Å². The predicted octanol–water partition coefficient (Wildman–Crippen LogP) is 0.442. The van der Waals surface area contributed by atoms with Crippen molar-refractivity contribution >= 4 is 17.5 Å². The summed E-state index contributed by atoms with van der Waals surface area (Å²) in [4.78, 5) is 23.1. The lowest BCUT2D eigenvalue weighted by atomic mass is 10.1. The van der Waals surface area contributed by atoms with Gasteiger partial charge in [0.25, 0.3) is 5.91 Å². The maximum Gasteiger partial charge on any atom is 0.251 e. The summed E-state index contributed by atoms with van der Waals surface area (Å²) >= 11 is 0. The number of carbonyl (C=O) groups excluding carboxylic acids is 2. The quantitative estimate of drug-likeness (QED) is 0.665. The van der Waals surface area contributed by atoms with Crippen LogP contribution in [0.5, 0.6) is 0 Å². The molecule has 5 heteroatoms. The van der Waals surface area contributed by atoms with Crippen LogP contribution in [0.25, 0.3) is 0 Å². The molecule has 0 saturated carbocycles. The molecule has 0 fully saturated rings. The number of nitrogens with one attached hydrogen (secondary N) is 2. The van der Waals surface area contributed by atoms with Gasteiger partial charge in [-0.2, -0.15) is 0 Å². The average Bonchev–Trinajstić information content (AvgIpc) is 2.31. The number of likely N-dealkylation sites (N-methyl/N-ethyl adjacent to an activating group) is 1. The van der Waals surface area contributed by atoms with Gasteiger partial charge in [-0.15, -0.1) is 0 Å². The zero-order chi connectivity index (χ0) is 13.0. The molecule has 5 nitrogen and oxygen atoms in total. The van der Waals surface area contributed by atoms with Crippen molar-refractivity contribution < 1.29 is 9.59 Å². The van der Waals surface area contributed by atoms with E-state index in [0.29, 0.717) is 11.3 Å². The Hall–Kier alpha value is -2.04. The molecule has 0 heterocycles. The average molecular weight is 235 g/mol. The minimum absolute atomic E-state index is 0.231. The normalized spacial score (nSPS) is 11.7. The number of carbonyl (C=O) groups is 2. The van der Waals surface area contributed by atoms with Crippen LogP contribution in [0.2, 0.25) is 0 Å². The maximum atomic E-state index is 11.8. The molecule has 4 N–H and O–H groups in total. The zero-order valence-electron chi connectivity index (χ0n) is 10.2. The van der Waals surface area contributed by atoms with Crippen LogP contribution in [-0.4, -0.2) is 24.9 Å². The lowest BCUT2D eigenvalue weighted by Crippen LogP contribution is -2.43. The number of hydrogen-bond donors (Lipinski definition) is 3. The molecule has 1 atom stereocenters. The van der Waals surface area contributed by atoms with Crippen molar-refractivity contribution in [3.63, 3.8) is 0 Å². The standard InChI is InChI=1S/C12H17N3O2/c1-7-6-9(4-5-10(7)13)12(17)15-8(2)11(16)14-3/h4-6,8H,13H2,1-3H3,(H,14,16)(H,15,17). The largest absolute Gasteiger partial charge is 0.399 e. The first-order chi connectivity index (χ1) is 7.95. The van der Waals surface area contributed by atoms with Crippen molar-refractivity contribution in [2.45, 2.75) is 19.9 Å². The highest BCUT2D eigenvalue weighted by Gasteiger charge is 2.15. The van der Waals surface area contributed by atoms with E-state index in [9.17, 15) is 9.59 Å². The van der Waals surface area contributed by atoms with Gasteiger partial charge in [0.2, 0.25) is 5.91 Å². The van der Waals surface area contributed by atoms with E-state index in [2.05, 4.69) is 10.6 Å². The zero-order valence-corrected chi connectivity index (χ0v) is 10.2. The van der Waals surface area contributed by atoms with E-state index in [1.54, 1.807) is 25.1 Å². The van der Waals surface area contributed by atoms with E-state index in [1.807, 2.05) is 6.92 Å². The monoisotopic (exact) mass is 235 g/mol. The number of nitrogen functional groups attached to an aromatic ring is 1. The molecular weight excluding hydrogens is 218 g/mol. The Morgan fingerprint density at radius 1 is 1.35 bits per heavy atom. The van der Waals surface area contributed by atoms with E-state index in [4.69, 9.17) is 5.73 Å². The molecule has 2 amide bonds. The van der Waals surface area contributed by atoms with Gasteiger partial charge in [-0.25, -0.2) is 0 Å². The van der Waals surface area contributed by atoms with Crippen molar-refractivity contribution in [3.8, 4) is 0 Å². The fourth-order valence-corrected chi connectivity index (χ4v) is 1.38. The van der Waals surface area contributed by atoms with Crippen molar-refractivity contribution in [3.05, 3.63) is 29.3 Å². The smallest absolute Gasteiger partial charge is 0.251 e. The highest BCUT2D eigenvalue weighted by atomic mass is 16.2. The van der Waals surface area contributed by atoms with Crippen LogP contribution in [0.15, 0.2) is 18.2 Å². The lowest BCUT2D eigenvalue weighted by Gasteiger charge is -2.12. The Balaban J connectivity index is 2.76. The van der Waals surface area contributed by atoms with Gasteiger partial charge in [0, 0.05) is 18.3 Å². The first-order valence-electron chi connectivity index (χ1n) is 5.34. The summed E-state index contributed by atoms with van der Waals surface area (Å²) in [6.45, 7) is 3.45. The molecule has 1 aromatic rings. The number of hydrogen-bond acceptors (Lipinski definition) is 3. The number of anilines is 1. The topological polar surface area (TPSA) is 84.2 Å². The maximum absolute atomic E-state index is 11.8. The third kappa shape index (κ3) is 3.21. The van der Waals surface area contributed by atoms with E-state index in [-0.39, 0.29) is 11.8 Å². The van der Waals surface area contributed by atoms with Gasteiger partial charge >= 0.3 is 0 Å². The minimum Gasteiger partial charge on any atom is -0.399 e. The Morgan fingerprint density at radius 2 is 2.00 bits per heavy atom. The van der Waals surface area contributed by atoms with Crippen LogP contribution in [0, 0.1) is 6.92 Å². The molecule has 0 saturated heterocycles. The Kier molecular flexibility index (Phi) is 4.09. The van der Waals surface area contributed by atoms with E-state index in [1.165, 1.54) is 7.05 Å². The highest BCUT2D eigenvalue weighted by molar-refractivity contribution is 5.97. The second-order valence-corrected chi connectivity index (χ2v) is 3.88. The highest BCUT2D eigenvalue weighted by Crippen LogP contribution is 2.12. The fourth-order valence-electron chi connectivity index (χ4n) is 1.38. The summed E-state index contributed by atoms with van der Waals surface area (Å²) < 4.78 is 0. The van der Waals surface area contributed by atoms with E-state index < -0.39 is 6.04 Å². The number of rotatable bonds is 3. The molecule has 0 aliphatic carbocycles. The minimum atomic E-state index is -0.564. The Morgan fingerprint density at radius 3 is 2.53 bits per heavy atom. The van der Waals surface area contributed by atoms with Gasteiger partial charge in [-0.05, 0) is 37.6 Å². The molecule has 0 aliphatic heterocycles. The van der Waals surface area contributed by atoms with Crippen molar-refractivity contribution in [2.75, 3.05) is 12.8 Å². The molecule has 0 aliphatic rings. The number of benzene rings is 1. The summed E-state index contributed by atoms with van der Waals surface area (Å²) in [6, 6.07) is 4.44. The molecule has 17 heavy (non-hydrogen) atoms. The van der Waals surface area contributed by atoms with Crippen LogP contribution < -0.4 is 16.4 Å². The molecule has 1 rings (SSSR count). The molecular formula is C12H17N3O2. The molecule has 0 spiro atoms. The molecule has 0 radical (unpaired) electrons. The number of nitrogens with two attached hydrogens (primary N) is 1. The van der Waals surface area contributed by atoms with Crippen LogP contribution >= 0.6 is 0 Å². The van der Waals surface area contributed by atoms with Gasteiger partial charge in [0.1, 0.15) is 6.04 Å².